The van der Waals surface area contributed by atoms with Crippen LogP contribution in [0.25, 0.3) is 0 Å². The molecule has 1 aromatic heterocycles. The van der Waals surface area contributed by atoms with E-state index in [0.29, 0.717) is 0 Å². The fourth-order valence-corrected chi connectivity index (χ4v) is 2.93. The van der Waals surface area contributed by atoms with Gasteiger partial charge in [0.1, 0.15) is 11.5 Å². The second-order valence-electron chi connectivity index (χ2n) is 4.03. The van der Waals surface area contributed by atoms with E-state index >= 15 is 0 Å². The van der Waals surface area contributed by atoms with Gasteiger partial charge in [0.2, 0.25) is 0 Å². The average molecular weight is 225 g/mol. The molecule has 0 aliphatic carbocycles. The Morgan fingerprint density at radius 3 is 3.00 bits per heavy atom. The maximum absolute atomic E-state index is 5.66. The van der Waals surface area contributed by atoms with Gasteiger partial charge < -0.3 is 9.73 Å². The molecule has 2 nitrogen and oxygen atoms in total. The van der Waals surface area contributed by atoms with E-state index in [1.807, 2.05) is 11.8 Å². The zero-order chi connectivity index (χ0) is 10.5. The van der Waals surface area contributed by atoms with Gasteiger partial charge in [0.25, 0.3) is 0 Å². The van der Waals surface area contributed by atoms with Crippen molar-refractivity contribution in [2.24, 2.45) is 0 Å². The molecular formula is C12H19NOS. The van der Waals surface area contributed by atoms with Crippen LogP contribution in [0.15, 0.2) is 16.5 Å². The van der Waals surface area contributed by atoms with Crippen LogP contribution in [0.1, 0.15) is 31.3 Å². The van der Waals surface area contributed by atoms with E-state index in [4.69, 9.17) is 4.42 Å². The van der Waals surface area contributed by atoms with Crippen molar-refractivity contribution in [2.75, 3.05) is 12.3 Å². The standard InChI is InChI=1S/C12H19NOS/c1-2-11-5-6-12(14-11)9-15-8-10-4-3-7-13-10/h5-6,10,13H,2-4,7-9H2,1H3. The lowest BCUT2D eigenvalue weighted by Gasteiger charge is -2.07. The largest absolute Gasteiger partial charge is 0.465 e. The lowest BCUT2D eigenvalue weighted by Crippen LogP contribution is -2.23. The third-order valence-corrected chi connectivity index (χ3v) is 3.92. The smallest absolute Gasteiger partial charge is 0.114 e. The Morgan fingerprint density at radius 2 is 2.33 bits per heavy atom. The Bertz CT molecular complexity index is 292. The molecule has 0 radical (unpaired) electrons. The molecule has 15 heavy (non-hydrogen) atoms. The SMILES string of the molecule is CCc1ccc(CSCC2CCCN2)o1. The molecule has 1 unspecified atom stereocenters. The summed E-state index contributed by atoms with van der Waals surface area (Å²) in [5.74, 6) is 4.44. The van der Waals surface area contributed by atoms with Crippen molar-refractivity contribution in [1.29, 1.82) is 0 Å². The van der Waals surface area contributed by atoms with Crippen molar-refractivity contribution in [3.05, 3.63) is 23.7 Å². The summed E-state index contributed by atoms with van der Waals surface area (Å²) in [6.07, 6.45) is 3.67. The maximum Gasteiger partial charge on any atom is 0.114 e. The van der Waals surface area contributed by atoms with Gasteiger partial charge in [-0.1, -0.05) is 6.92 Å². The van der Waals surface area contributed by atoms with Gasteiger partial charge in [0, 0.05) is 18.2 Å². The molecule has 2 heterocycles. The van der Waals surface area contributed by atoms with Crippen LogP contribution in [0.2, 0.25) is 0 Å². The van der Waals surface area contributed by atoms with Crippen molar-refractivity contribution in [2.45, 2.75) is 38.0 Å². The van der Waals surface area contributed by atoms with Crippen molar-refractivity contribution >= 4 is 11.8 Å². The molecule has 1 aromatic rings. The van der Waals surface area contributed by atoms with Crippen molar-refractivity contribution in [3.8, 4) is 0 Å². The molecular weight excluding hydrogens is 206 g/mol. The molecule has 0 bridgehead atoms. The molecule has 0 spiro atoms. The number of furan rings is 1. The number of hydrogen-bond acceptors (Lipinski definition) is 3. The molecule has 1 N–H and O–H groups in total. The predicted molar refractivity (Wildman–Crippen MR) is 65.3 cm³/mol. The van der Waals surface area contributed by atoms with Gasteiger partial charge in [-0.3, -0.25) is 0 Å². The molecule has 0 amide bonds. The van der Waals surface area contributed by atoms with E-state index in [9.17, 15) is 0 Å². The molecule has 1 saturated heterocycles. The fourth-order valence-electron chi connectivity index (χ4n) is 1.89. The fraction of sp³-hybridized carbons (Fsp3) is 0.667. The normalized spacial score (nSPS) is 21.0. The van der Waals surface area contributed by atoms with E-state index in [1.165, 1.54) is 25.1 Å². The minimum atomic E-state index is 0.732. The third-order valence-electron chi connectivity index (χ3n) is 2.79. The Balaban J connectivity index is 1.68. The molecule has 1 atom stereocenters. The summed E-state index contributed by atoms with van der Waals surface area (Å²) >= 11 is 1.97. The molecule has 1 aliphatic heterocycles. The van der Waals surface area contributed by atoms with E-state index in [1.54, 1.807) is 0 Å². The topological polar surface area (TPSA) is 25.2 Å². The number of nitrogens with one attached hydrogen (secondary N) is 1. The minimum Gasteiger partial charge on any atom is -0.465 e. The van der Waals surface area contributed by atoms with Gasteiger partial charge in [0.05, 0.1) is 5.75 Å². The number of hydrogen-bond donors (Lipinski definition) is 1. The third kappa shape index (κ3) is 3.28. The Hall–Kier alpha value is -0.410. The first-order valence-corrected chi connectivity index (χ1v) is 6.92. The quantitative estimate of drug-likeness (QED) is 0.834. The number of thioether (sulfide) groups is 1. The van der Waals surface area contributed by atoms with Gasteiger partial charge >= 0.3 is 0 Å². The summed E-state index contributed by atoms with van der Waals surface area (Å²) in [6, 6.07) is 4.92. The van der Waals surface area contributed by atoms with E-state index in [-0.39, 0.29) is 0 Å². The van der Waals surface area contributed by atoms with Crippen LogP contribution >= 0.6 is 11.8 Å². The molecule has 1 fully saturated rings. The Morgan fingerprint density at radius 1 is 1.47 bits per heavy atom. The molecule has 84 valence electrons. The number of aryl methyl sites for hydroxylation is 1. The zero-order valence-corrected chi connectivity index (χ0v) is 10.1. The van der Waals surface area contributed by atoms with Gasteiger partial charge in [0.15, 0.2) is 0 Å². The molecule has 2 rings (SSSR count). The molecule has 0 aromatic carbocycles. The maximum atomic E-state index is 5.66. The average Bonchev–Trinajstić information content (AvgIpc) is 2.88. The van der Waals surface area contributed by atoms with Crippen LogP contribution in [0.5, 0.6) is 0 Å². The summed E-state index contributed by atoms with van der Waals surface area (Å²) in [5.41, 5.74) is 0. The molecule has 1 aliphatic rings. The van der Waals surface area contributed by atoms with Crippen LogP contribution in [-0.2, 0) is 12.2 Å². The minimum absolute atomic E-state index is 0.732. The second-order valence-corrected chi connectivity index (χ2v) is 5.06. The van der Waals surface area contributed by atoms with Crippen LogP contribution in [-0.4, -0.2) is 18.3 Å². The summed E-state index contributed by atoms with van der Waals surface area (Å²) in [6.45, 7) is 3.32. The lowest BCUT2D eigenvalue weighted by atomic mass is 10.3. The van der Waals surface area contributed by atoms with Crippen LogP contribution in [0, 0.1) is 0 Å². The van der Waals surface area contributed by atoms with Gasteiger partial charge in [-0.05, 0) is 31.5 Å². The predicted octanol–water partition coefficient (Wildman–Crippen LogP) is 2.83. The van der Waals surface area contributed by atoms with E-state index in [2.05, 4.69) is 24.4 Å². The van der Waals surface area contributed by atoms with Gasteiger partial charge in [-0.25, -0.2) is 0 Å². The van der Waals surface area contributed by atoms with Crippen molar-refractivity contribution < 1.29 is 4.42 Å². The second kappa shape index (κ2) is 5.61. The summed E-state index contributed by atoms with van der Waals surface area (Å²) in [7, 11) is 0. The zero-order valence-electron chi connectivity index (χ0n) is 9.29. The molecule has 0 saturated carbocycles. The van der Waals surface area contributed by atoms with Gasteiger partial charge in [-0.2, -0.15) is 11.8 Å². The monoisotopic (exact) mass is 225 g/mol. The first-order valence-electron chi connectivity index (χ1n) is 5.77. The highest BCUT2D eigenvalue weighted by molar-refractivity contribution is 7.98. The Labute approximate surface area is 95.8 Å². The van der Waals surface area contributed by atoms with Crippen LogP contribution in [0.3, 0.4) is 0 Å². The first-order chi connectivity index (χ1) is 7.38. The summed E-state index contributed by atoms with van der Waals surface area (Å²) in [4.78, 5) is 0. The van der Waals surface area contributed by atoms with Crippen molar-refractivity contribution in [1.82, 2.24) is 5.32 Å². The highest BCUT2D eigenvalue weighted by Gasteiger charge is 2.13. The van der Waals surface area contributed by atoms with Crippen molar-refractivity contribution in [3.63, 3.8) is 0 Å². The summed E-state index contributed by atoms with van der Waals surface area (Å²) < 4.78 is 5.66. The highest BCUT2D eigenvalue weighted by atomic mass is 32.2. The lowest BCUT2D eigenvalue weighted by molar-refractivity contribution is 0.485. The highest BCUT2D eigenvalue weighted by Crippen LogP contribution is 2.18. The first kappa shape index (κ1) is 11.1. The Kier molecular flexibility index (Phi) is 4.15. The van der Waals surface area contributed by atoms with E-state index < -0.39 is 0 Å². The molecule has 3 heteroatoms. The van der Waals surface area contributed by atoms with Crippen LogP contribution in [0.4, 0.5) is 0 Å². The summed E-state index contributed by atoms with van der Waals surface area (Å²) in [5, 5.41) is 3.51. The van der Waals surface area contributed by atoms with Gasteiger partial charge in [-0.15, -0.1) is 0 Å². The van der Waals surface area contributed by atoms with E-state index in [0.717, 1.165) is 29.7 Å². The number of rotatable bonds is 5. The van der Waals surface area contributed by atoms with Crippen LogP contribution < -0.4 is 5.32 Å².